The van der Waals surface area contributed by atoms with Crippen LogP contribution in [0.3, 0.4) is 0 Å². The second-order valence-electron chi connectivity index (χ2n) is 14.8. The zero-order valence-electron chi connectivity index (χ0n) is 31.4. The SMILES string of the molecule is CC1(C)C(C=CC=CC=C2N(CCCCS(=O)(=O)O)c3ccc(S(=O)(=O)O)cc3C2(C)CCCCS(=O)(=O)O)=[N+](CCCCCC(=O)[O-])c2cc(F)cc(F)c21. The van der Waals surface area contributed by atoms with Gasteiger partial charge in [0.15, 0.2) is 5.71 Å². The largest absolute Gasteiger partial charge is 0.550 e. The Morgan fingerprint density at radius 3 is 2.12 bits per heavy atom. The van der Waals surface area contributed by atoms with Crippen LogP contribution in [0.4, 0.5) is 20.2 Å². The molecule has 3 N–H and O–H groups in total. The van der Waals surface area contributed by atoms with Crippen molar-refractivity contribution in [1.82, 2.24) is 0 Å². The molecule has 0 fully saturated rings. The molecule has 2 aliphatic rings. The second-order valence-corrected chi connectivity index (χ2v) is 19.4. The summed E-state index contributed by atoms with van der Waals surface area (Å²) < 4.78 is 130. The number of carbonyl (C=O) groups excluding carboxylic acids is 1. The molecule has 0 bridgehead atoms. The van der Waals surface area contributed by atoms with E-state index in [0.717, 1.165) is 6.07 Å². The van der Waals surface area contributed by atoms with Crippen molar-refractivity contribution < 1.29 is 62.2 Å². The van der Waals surface area contributed by atoms with E-state index in [1.54, 1.807) is 30.4 Å². The third-order valence-corrected chi connectivity index (χ3v) is 12.7. The van der Waals surface area contributed by atoms with Gasteiger partial charge in [0, 0.05) is 53.9 Å². The normalized spacial score (nSPS) is 19.1. The van der Waals surface area contributed by atoms with E-state index < -0.39 is 70.3 Å². The predicted octanol–water partition coefficient (Wildman–Crippen LogP) is 5.40. The van der Waals surface area contributed by atoms with Gasteiger partial charge in [-0.1, -0.05) is 24.6 Å². The van der Waals surface area contributed by atoms with Crippen LogP contribution in [0.1, 0.15) is 89.7 Å². The van der Waals surface area contributed by atoms with Crippen LogP contribution >= 0.6 is 0 Å². The number of carbonyl (C=O) groups is 1. The monoisotopic (exact) mass is 842 g/mol. The maximum atomic E-state index is 15.3. The van der Waals surface area contributed by atoms with Gasteiger partial charge in [0.25, 0.3) is 30.4 Å². The highest BCUT2D eigenvalue weighted by atomic mass is 32.2. The van der Waals surface area contributed by atoms with E-state index in [2.05, 4.69) is 0 Å². The lowest BCUT2D eigenvalue weighted by Crippen LogP contribution is -2.29. The summed E-state index contributed by atoms with van der Waals surface area (Å²) in [6.45, 7) is 6.07. The Kier molecular flexibility index (Phi) is 14.2. The number of hydrogen-bond acceptors (Lipinski definition) is 9. The highest BCUT2D eigenvalue weighted by Crippen LogP contribution is 2.51. The number of nitrogens with zero attached hydrogens (tertiary/aromatic N) is 2. The minimum Gasteiger partial charge on any atom is -0.550 e. The van der Waals surface area contributed by atoms with Crippen molar-refractivity contribution in [3.8, 4) is 0 Å². The summed E-state index contributed by atoms with van der Waals surface area (Å²) in [6, 6.07) is 6.21. The molecule has 13 nitrogen and oxygen atoms in total. The van der Waals surface area contributed by atoms with E-state index in [4.69, 9.17) is 0 Å². The second kappa shape index (κ2) is 17.8. The third kappa shape index (κ3) is 11.2. The summed E-state index contributed by atoms with van der Waals surface area (Å²) >= 11 is 0. The lowest BCUT2D eigenvalue weighted by atomic mass is 9.77. The lowest BCUT2D eigenvalue weighted by Gasteiger charge is -2.30. The zero-order chi connectivity index (χ0) is 41.7. The molecule has 308 valence electrons. The molecule has 0 amide bonds. The molecule has 4 rings (SSSR count). The first-order valence-corrected chi connectivity index (χ1v) is 22.8. The van der Waals surface area contributed by atoms with Crippen LogP contribution in [0.2, 0.25) is 0 Å². The predicted molar refractivity (Wildman–Crippen MR) is 206 cm³/mol. The fraction of sp³-hybridized carbons (Fsp3) is 0.474. The molecule has 2 aliphatic heterocycles. The summed E-state index contributed by atoms with van der Waals surface area (Å²) in [6.07, 6.45) is 11.1. The smallest absolute Gasteiger partial charge is 0.294 e. The first-order valence-electron chi connectivity index (χ1n) is 18.2. The van der Waals surface area contributed by atoms with Gasteiger partial charge >= 0.3 is 0 Å². The fourth-order valence-electron chi connectivity index (χ4n) is 7.61. The van der Waals surface area contributed by atoms with E-state index in [-0.39, 0.29) is 43.5 Å². The molecule has 0 spiro atoms. The van der Waals surface area contributed by atoms with Crippen molar-refractivity contribution in [1.29, 1.82) is 0 Å². The number of benzene rings is 2. The Hall–Kier alpha value is -3.81. The van der Waals surface area contributed by atoms with Crippen molar-refractivity contribution in [3.63, 3.8) is 0 Å². The van der Waals surface area contributed by atoms with Gasteiger partial charge in [0.1, 0.15) is 18.2 Å². The fourth-order valence-corrected chi connectivity index (χ4v) is 9.26. The number of carboxylic acid groups (broad SMARTS) is 1. The van der Waals surface area contributed by atoms with Crippen LogP contribution in [0.25, 0.3) is 0 Å². The summed E-state index contributed by atoms with van der Waals surface area (Å²) in [5, 5.41) is 10.9. The number of rotatable bonds is 20. The highest BCUT2D eigenvalue weighted by Gasteiger charge is 2.47. The first-order chi connectivity index (χ1) is 26.0. The van der Waals surface area contributed by atoms with E-state index >= 15 is 4.39 Å². The Labute approximate surface area is 327 Å². The van der Waals surface area contributed by atoms with Gasteiger partial charge < -0.3 is 14.8 Å². The van der Waals surface area contributed by atoms with Gasteiger partial charge in [-0.05, 0) is 95.6 Å². The zero-order valence-corrected chi connectivity index (χ0v) is 33.9. The molecule has 0 saturated carbocycles. The molecule has 0 aromatic heterocycles. The highest BCUT2D eigenvalue weighted by molar-refractivity contribution is 7.86. The van der Waals surface area contributed by atoms with E-state index in [9.17, 15) is 53.2 Å². The van der Waals surface area contributed by atoms with E-state index in [1.165, 1.54) is 24.3 Å². The van der Waals surface area contributed by atoms with Crippen LogP contribution in [0, 0.1) is 11.6 Å². The lowest BCUT2D eigenvalue weighted by molar-refractivity contribution is -0.438. The molecule has 0 radical (unpaired) electrons. The summed E-state index contributed by atoms with van der Waals surface area (Å²) in [7, 11) is -13.1. The third-order valence-electron chi connectivity index (χ3n) is 10.2. The van der Waals surface area contributed by atoms with E-state index in [1.807, 2.05) is 30.2 Å². The summed E-state index contributed by atoms with van der Waals surface area (Å²) in [4.78, 5) is 12.4. The van der Waals surface area contributed by atoms with Gasteiger partial charge in [0.2, 0.25) is 5.69 Å². The number of hydrogen-bond donors (Lipinski definition) is 3. The minimum atomic E-state index is -4.62. The number of halogens is 2. The molecule has 2 aromatic carbocycles. The van der Waals surface area contributed by atoms with Crippen LogP contribution in [-0.4, -0.2) is 79.8 Å². The Morgan fingerprint density at radius 2 is 1.50 bits per heavy atom. The molecule has 2 heterocycles. The molecule has 0 aliphatic carbocycles. The molecule has 2 aromatic rings. The topological polar surface area (TPSA) is 209 Å². The van der Waals surface area contributed by atoms with Crippen LogP contribution in [0.5, 0.6) is 0 Å². The maximum Gasteiger partial charge on any atom is 0.294 e. The number of aliphatic carboxylic acids is 1. The van der Waals surface area contributed by atoms with Gasteiger partial charge in [-0.15, -0.1) is 0 Å². The van der Waals surface area contributed by atoms with Gasteiger partial charge in [-0.25, -0.2) is 8.78 Å². The number of anilines is 1. The first kappa shape index (κ1) is 44.9. The molecule has 1 unspecified atom stereocenters. The summed E-state index contributed by atoms with van der Waals surface area (Å²) in [5.41, 5.74) is 1.24. The average molecular weight is 843 g/mol. The van der Waals surface area contributed by atoms with Crippen molar-refractivity contribution in [2.24, 2.45) is 0 Å². The van der Waals surface area contributed by atoms with Crippen LogP contribution in [0.15, 0.2) is 71.3 Å². The molecular formula is C38H48F2N2O11S3. The van der Waals surface area contributed by atoms with Crippen molar-refractivity contribution in [2.75, 3.05) is 29.5 Å². The summed E-state index contributed by atoms with van der Waals surface area (Å²) in [5.74, 6) is -3.54. The average Bonchev–Trinajstić information content (AvgIpc) is 3.42. The molecular weight excluding hydrogens is 795 g/mol. The Balaban J connectivity index is 1.74. The van der Waals surface area contributed by atoms with Crippen molar-refractivity contribution in [2.45, 2.75) is 94.3 Å². The number of unbranched alkanes of at least 4 members (excludes halogenated alkanes) is 4. The molecule has 1 atom stereocenters. The van der Waals surface area contributed by atoms with Crippen LogP contribution < -0.4 is 10.0 Å². The van der Waals surface area contributed by atoms with Gasteiger partial charge in [0.05, 0.1) is 27.4 Å². The quantitative estimate of drug-likeness (QED) is 0.0663. The maximum absolute atomic E-state index is 15.3. The number of carboxylic acids is 1. The van der Waals surface area contributed by atoms with Crippen molar-refractivity contribution in [3.05, 3.63) is 89.2 Å². The number of fused-ring (bicyclic) bond motifs is 2. The molecule has 56 heavy (non-hydrogen) atoms. The molecule has 0 saturated heterocycles. The van der Waals surface area contributed by atoms with Gasteiger partial charge in [-0.2, -0.15) is 29.8 Å². The molecule has 18 heteroatoms. The standard InChI is InChI=1S/C38H48F2N2O11S3/c1-37(2)33(42(20-10-5-8-16-35(43)44)32-25-27(39)24-30(40)36(32)37)14-6-4-7-15-34-38(3,19-9-12-22-54(45,46)47)29-26-28(56(51,52)53)17-18-31(29)41(34)21-11-13-23-55(48,49)50/h4,6-7,14-15,17-18,24-26H,5,8-13,16,19-23H2,1-3H3,(H3-,43,44,45,46,47,48,49,50,51,52,53). The van der Waals surface area contributed by atoms with E-state index in [0.29, 0.717) is 66.1 Å². The van der Waals surface area contributed by atoms with Crippen LogP contribution in [-0.2, 0) is 46.0 Å². The number of allylic oxidation sites excluding steroid dienone is 6. The van der Waals surface area contributed by atoms with Gasteiger partial charge in [-0.3, -0.25) is 13.7 Å². The Morgan fingerprint density at radius 1 is 0.839 bits per heavy atom. The van der Waals surface area contributed by atoms with Crippen molar-refractivity contribution >= 4 is 53.4 Å². The Bertz CT molecular complexity index is 2290. The minimum absolute atomic E-state index is 0.0938.